The number of ether oxygens (including phenoxy) is 1. The number of aromatic nitrogens is 2. The van der Waals surface area contributed by atoms with Gasteiger partial charge in [0.05, 0.1) is 12.1 Å². The first-order valence-electron chi connectivity index (χ1n) is 8.32. The van der Waals surface area contributed by atoms with Gasteiger partial charge >= 0.3 is 0 Å². The summed E-state index contributed by atoms with van der Waals surface area (Å²) in [6, 6.07) is 7.13. The van der Waals surface area contributed by atoms with Crippen LogP contribution in [0.25, 0.3) is 0 Å². The molecule has 1 aliphatic rings. The Kier molecular flexibility index (Phi) is 5.38. The number of amides is 1. The van der Waals surface area contributed by atoms with Gasteiger partial charge in [0.1, 0.15) is 11.4 Å². The molecule has 0 atom stereocenters. The molecule has 1 fully saturated rings. The molecule has 25 heavy (non-hydrogen) atoms. The lowest BCUT2D eigenvalue weighted by molar-refractivity contribution is 0.102. The van der Waals surface area contributed by atoms with Crippen molar-refractivity contribution in [3.63, 3.8) is 0 Å². The zero-order valence-corrected chi connectivity index (χ0v) is 15.1. The maximum atomic E-state index is 12.5. The van der Waals surface area contributed by atoms with Crippen LogP contribution >= 0.6 is 11.6 Å². The lowest BCUT2D eigenvalue weighted by atomic mass is 10.2. The van der Waals surface area contributed by atoms with Crippen molar-refractivity contribution in [2.24, 2.45) is 0 Å². The van der Waals surface area contributed by atoms with E-state index in [1.165, 1.54) is 12.8 Å². The number of aryl methyl sites for hydroxylation is 1. The van der Waals surface area contributed by atoms with Crippen LogP contribution in [0.5, 0.6) is 5.75 Å². The van der Waals surface area contributed by atoms with E-state index >= 15 is 0 Å². The van der Waals surface area contributed by atoms with E-state index in [4.69, 9.17) is 16.3 Å². The Bertz CT molecular complexity index is 776. The molecule has 0 aliphatic heterocycles. The average molecular weight is 361 g/mol. The Balaban J connectivity index is 1.74. The molecule has 1 amide bonds. The van der Waals surface area contributed by atoms with E-state index in [0.29, 0.717) is 34.1 Å². The molecule has 0 unspecified atom stereocenters. The number of methoxy groups -OCH3 is 1. The lowest BCUT2D eigenvalue weighted by Crippen LogP contribution is -2.20. The van der Waals surface area contributed by atoms with Crippen LogP contribution in [-0.2, 0) is 0 Å². The van der Waals surface area contributed by atoms with Gasteiger partial charge in [-0.25, -0.2) is 9.97 Å². The van der Waals surface area contributed by atoms with Gasteiger partial charge < -0.3 is 15.4 Å². The lowest BCUT2D eigenvalue weighted by Gasteiger charge is -2.13. The van der Waals surface area contributed by atoms with Crippen LogP contribution in [0.2, 0.25) is 5.02 Å². The van der Waals surface area contributed by atoms with Crippen LogP contribution in [-0.4, -0.2) is 29.0 Å². The molecule has 2 N–H and O–H groups in total. The fourth-order valence-electron chi connectivity index (χ4n) is 2.94. The van der Waals surface area contributed by atoms with Crippen molar-refractivity contribution in [3.8, 4) is 5.75 Å². The normalized spacial score (nSPS) is 14.4. The smallest absolute Gasteiger partial charge is 0.274 e. The molecule has 1 heterocycles. The summed E-state index contributed by atoms with van der Waals surface area (Å²) in [5, 5.41) is 6.56. The summed E-state index contributed by atoms with van der Waals surface area (Å²) in [6.07, 6.45) is 4.66. The molecule has 3 rings (SSSR count). The Labute approximate surface area is 152 Å². The number of carbonyl (C=O) groups excluding carboxylic acids is 1. The highest BCUT2D eigenvalue weighted by molar-refractivity contribution is 6.32. The number of hydrogen-bond acceptors (Lipinski definition) is 5. The molecular formula is C18H21ClN4O2. The third-order valence-electron chi connectivity index (χ3n) is 4.18. The molecule has 0 radical (unpaired) electrons. The zero-order valence-electron chi connectivity index (χ0n) is 14.3. The Morgan fingerprint density at radius 3 is 2.68 bits per heavy atom. The average Bonchev–Trinajstić information content (AvgIpc) is 3.07. The molecule has 1 aromatic heterocycles. The number of anilines is 2. The van der Waals surface area contributed by atoms with E-state index in [-0.39, 0.29) is 5.91 Å². The number of halogens is 1. The van der Waals surface area contributed by atoms with Crippen molar-refractivity contribution in [1.82, 2.24) is 9.97 Å². The van der Waals surface area contributed by atoms with Crippen molar-refractivity contribution >= 4 is 29.1 Å². The SMILES string of the molecule is COc1ccc(NC(=O)c2cc(C)nc(NC3CCCC3)n2)cc1Cl. The highest BCUT2D eigenvalue weighted by atomic mass is 35.5. The van der Waals surface area contributed by atoms with E-state index in [1.54, 1.807) is 31.4 Å². The van der Waals surface area contributed by atoms with Crippen molar-refractivity contribution in [3.05, 3.63) is 40.7 Å². The highest BCUT2D eigenvalue weighted by Gasteiger charge is 2.17. The topological polar surface area (TPSA) is 76.1 Å². The molecule has 0 saturated heterocycles. The first-order valence-corrected chi connectivity index (χ1v) is 8.70. The summed E-state index contributed by atoms with van der Waals surface area (Å²) in [7, 11) is 1.54. The largest absolute Gasteiger partial charge is 0.495 e. The van der Waals surface area contributed by atoms with Gasteiger partial charge in [-0.1, -0.05) is 24.4 Å². The monoisotopic (exact) mass is 360 g/mol. The van der Waals surface area contributed by atoms with Gasteiger partial charge in [0.25, 0.3) is 5.91 Å². The van der Waals surface area contributed by atoms with Crippen LogP contribution in [0.3, 0.4) is 0 Å². The summed E-state index contributed by atoms with van der Waals surface area (Å²) in [6.45, 7) is 1.85. The standard InChI is InChI=1S/C18H21ClN4O2/c1-11-9-15(23-18(20-11)22-12-5-3-4-6-12)17(24)21-13-7-8-16(25-2)14(19)10-13/h7-10,12H,3-6H2,1-2H3,(H,21,24)(H,20,22,23). The van der Waals surface area contributed by atoms with E-state index in [1.807, 2.05) is 6.92 Å². The quantitative estimate of drug-likeness (QED) is 0.841. The third kappa shape index (κ3) is 4.39. The van der Waals surface area contributed by atoms with Crippen LogP contribution < -0.4 is 15.4 Å². The number of nitrogens with zero attached hydrogens (tertiary/aromatic N) is 2. The minimum atomic E-state index is -0.304. The first-order chi connectivity index (χ1) is 12.0. The van der Waals surface area contributed by atoms with Gasteiger partial charge in [-0.2, -0.15) is 0 Å². The first kappa shape index (κ1) is 17.5. The third-order valence-corrected chi connectivity index (χ3v) is 4.48. The van der Waals surface area contributed by atoms with Crippen LogP contribution in [0.1, 0.15) is 41.9 Å². The predicted molar refractivity (Wildman–Crippen MR) is 98.6 cm³/mol. The summed E-state index contributed by atoms with van der Waals surface area (Å²) < 4.78 is 5.11. The predicted octanol–water partition coefficient (Wildman–Crippen LogP) is 4.05. The fraction of sp³-hybridized carbons (Fsp3) is 0.389. The molecule has 0 spiro atoms. The fourth-order valence-corrected chi connectivity index (χ4v) is 3.20. The molecule has 0 bridgehead atoms. The maximum absolute atomic E-state index is 12.5. The van der Waals surface area contributed by atoms with Crippen LogP contribution in [0, 0.1) is 6.92 Å². The second-order valence-corrected chi connectivity index (χ2v) is 6.55. The maximum Gasteiger partial charge on any atom is 0.274 e. The van der Waals surface area contributed by atoms with Gasteiger partial charge in [-0.05, 0) is 44.0 Å². The number of carbonyl (C=O) groups is 1. The summed E-state index contributed by atoms with van der Waals surface area (Å²) in [5.74, 6) is 0.756. The minimum absolute atomic E-state index is 0.304. The van der Waals surface area contributed by atoms with E-state index < -0.39 is 0 Å². The van der Waals surface area contributed by atoms with Gasteiger partial charge in [0.2, 0.25) is 5.95 Å². The Morgan fingerprint density at radius 1 is 1.24 bits per heavy atom. The molecule has 2 aromatic rings. The van der Waals surface area contributed by atoms with E-state index in [0.717, 1.165) is 18.5 Å². The molecule has 1 saturated carbocycles. The van der Waals surface area contributed by atoms with Crippen molar-refractivity contribution in [1.29, 1.82) is 0 Å². The van der Waals surface area contributed by atoms with Crippen LogP contribution in [0.15, 0.2) is 24.3 Å². The summed E-state index contributed by atoms with van der Waals surface area (Å²) >= 11 is 6.09. The van der Waals surface area contributed by atoms with E-state index in [9.17, 15) is 4.79 Å². The van der Waals surface area contributed by atoms with Crippen molar-refractivity contribution in [2.45, 2.75) is 38.6 Å². The minimum Gasteiger partial charge on any atom is -0.495 e. The molecule has 1 aliphatic carbocycles. The van der Waals surface area contributed by atoms with E-state index in [2.05, 4.69) is 20.6 Å². The zero-order chi connectivity index (χ0) is 17.8. The molecule has 6 nitrogen and oxygen atoms in total. The molecular weight excluding hydrogens is 340 g/mol. The summed E-state index contributed by atoms with van der Waals surface area (Å²) in [4.78, 5) is 21.3. The molecule has 132 valence electrons. The van der Waals surface area contributed by atoms with Gasteiger partial charge in [-0.3, -0.25) is 4.79 Å². The number of nitrogens with one attached hydrogen (secondary N) is 2. The number of benzene rings is 1. The summed E-state index contributed by atoms with van der Waals surface area (Å²) in [5.41, 5.74) is 1.64. The van der Waals surface area contributed by atoms with Gasteiger partial charge in [0.15, 0.2) is 0 Å². The van der Waals surface area contributed by atoms with Gasteiger partial charge in [-0.15, -0.1) is 0 Å². The van der Waals surface area contributed by atoms with Crippen molar-refractivity contribution < 1.29 is 9.53 Å². The van der Waals surface area contributed by atoms with Crippen molar-refractivity contribution in [2.75, 3.05) is 17.7 Å². The second kappa shape index (κ2) is 7.70. The van der Waals surface area contributed by atoms with Gasteiger partial charge in [0, 0.05) is 17.4 Å². The number of rotatable bonds is 5. The Morgan fingerprint density at radius 2 is 2.00 bits per heavy atom. The second-order valence-electron chi connectivity index (χ2n) is 6.15. The highest BCUT2D eigenvalue weighted by Crippen LogP contribution is 2.27. The molecule has 1 aromatic carbocycles. The van der Waals surface area contributed by atoms with Crippen LogP contribution in [0.4, 0.5) is 11.6 Å². The Hall–Kier alpha value is -2.34. The number of hydrogen-bond donors (Lipinski definition) is 2. The molecule has 7 heteroatoms.